The Morgan fingerprint density at radius 3 is 2.65 bits per heavy atom. The lowest BCUT2D eigenvalue weighted by Gasteiger charge is -2.14. The van der Waals surface area contributed by atoms with Crippen molar-refractivity contribution < 1.29 is 0 Å². The number of nitrogens with zero attached hydrogens (tertiary/aromatic N) is 2. The molecule has 2 rings (SSSR count). The molecule has 0 aliphatic heterocycles. The third-order valence-electron chi connectivity index (χ3n) is 2.73. The number of pyridine rings is 1. The van der Waals surface area contributed by atoms with Crippen LogP contribution in [0.4, 0.5) is 0 Å². The maximum Gasteiger partial charge on any atom is 0.0947 e. The van der Waals surface area contributed by atoms with Crippen LogP contribution < -0.4 is 5.32 Å². The van der Waals surface area contributed by atoms with Gasteiger partial charge in [-0.3, -0.25) is 4.98 Å². The highest BCUT2D eigenvalue weighted by Crippen LogP contribution is 2.20. The minimum atomic E-state index is 0.286. The van der Waals surface area contributed by atoms with Gasteiger partial charge in [-0.1, -0.05) is 6.07 Å². The van der Waals surface area contributed by atoms with Crippen molar-refractivity contribution in [2.45, 2.75) is 26.3 Å². The lowest BCUT2D eigenvalue weighted by atomic mass is 10.1. The summed E-state index contributed by atoms with van der Waals surface area (Å²) in [6.07, 6.45) is 2.86. The van der Waals surface area contributed by atoms with Crippen molar-refractivity contribution in [3.8, 4) is 0 Å². The van der Waals surface area contributed by atoms with Crippen molar-refractivity contribution in [2.24, 2.45) is 0 Å². The van der Waals surface area contributed by atoms with Crippen molar-refractivity contribution in [3.05, 3.63) is 45.7 Å². The second-order valence-electron chi connectivity index (χ2n) is 4.16. The normalized spacial score (nSPS) is 12.6. The second-order valence-corrected chi connectivity index (χ2v) is 5.10. The smallest absolute Gasteiger partial charge is 0.0947 e. The third-order valence-corrected chi connectivity index (χ3v) is 3.72. The van der Waals surface area contributed by atoms with Gasteiger partial charge < -0.3 is 5.32 Å². The molecule has 17 heavy (non-hydrogen) atoms. The van der Waals surface area contributed by atoms with E-state index in [1.807, 2.05) is 33.2 Å². The number of hydrogen-bond acceptors (Lipinski definition) is 4. The highest BCUT2D eigenvalue weighted by atomic mass is 32.1. The molecule has 3 nitrogen and oxygen atoms in total. The Balaban J connectivity index is 2.13. The second kappa shape index (κ2) is 5.38. The first kappa shape index (κ1) is 12.2. The quantitative estimate of drug-likeness (QED) is 0.902. The molecule has 90 valence electrons. The largest absolute Gasteiger partial charge is 0.313 e. The molecule has 1 atom stereocenters. The summed E-state index contributed by atoms with van der Waals surface area (Å²) in [5.74, 6) is 0. The fourth-order valence-corrected chi connectivity index (χ4v) is 2.56. The molecule has 0 aliphatic carbocycles. The van der Waals surface area contributed by atoms with Crippen molar-refractivity contribution in [3.63, 3.8) is 0 Å². The van der Waals surface area contributed by atoms with Crippen molar-refractivity contribution in [1.82, 2.24) is 15.3 Å². The van der Waals surface area contributed by atoms with Crippen LogP contribution in [0, 0.1) is 13.8 Å². The topological polar surface area (TPSA) is 37.8 Å². The Kier molecular flexibility index (Phi) is 3.86. The first-order valence-electron chi connectivity index (χ1n) is 5.70. The lowest BCUT2D eigenvalue weighted by molar-refractivity contribution is 0.587. The summed E-state index contributed by atoms with van der Waals surface area (Å²) in [5.41, 5.74) is 3.36. The number of hydrogen-bond donors (Lipinski definition) is 1. The summed E-state index contributed by atoms with van der Waals surface area (Å²) >= 11 is 1.72. The van der Waals surface area contributed by atoms with E-state index >= 15 is 0 Å². The Labute approximate surface area is 106 Å². The monoisotopic (exact) mass is 247 g/mol. The molecule has 0 saturated carbocycles. The number of likely N-dealkylation sites (N-methyl/N-ethyl adjacent to an activating group) is 1. The van der Waals surface area contributed by atoms with E-state index < -0.39 is 0 Å². The fourth-order valence-electron chi connectivity index (χ4n) is 1.74. The van der Waals surface area contributed by atoms with E-state index in [4.69, 9.17) is 0 Å². The molecule has 0 aromatic carbocycles. The van der Waals surface area contributed by atoms with E-state index in [1.165, 1.54) is 10.6 Å². The predicted molar refractivity (Wildman–Crippen MR) is 71.3 cm³/mol. The minimum absolute atomic E-state index is 0.286. The summed E-state index contributed by atoms with van der Waals surface area (Å²) in [4.78, 5) is 8.84. The molecule has 0 bridgehead atoms. The highest BCUT2D eigenvalue weighted by molar-refractivity contribution is 7.09. The molecule has 0 spiro atoms. The Morgan fingerprint density at radius 1 is 1.29 bits per heavy atom. The number of nitrogens with one attached hydrogen (secondary N) is 1. The summed E-state index contributed by atoms with van der Waals surface area (Å²) in [6.45, 7) is 4.03. The number of thiazole rings is 1. The number of aryl methyl sites for hydroxylation is 2. The van der Waals surface area contributed by atoms with Gasteiger partial charge in [-0.15, -0.1) is 11.3 Å². The molecule has 1 unspecified atom stereocenters. The van der Waals surface area contributed by atoms with Gasteiger partial charge in [0.05, 0.1) is 5.01 Å². The average molecular weight is 247 g/mol. The number of rotatable bonds is 4. The fraction of sp³-hybridized carbons (Fsp3) is 0.385. The Hall–Kier alpha value is -1.26. The van der Waals surface area contributed by atoms with Crippen LogP contribution in [0.3, 0.4) is 0 Å². The highest BCUT2D eigenvalue weighted by Gasteiger charge is 2.12. The maximum absolute atomic E-state index is 4.50. The van der Waals surface area contributed by atoms with Gasteiger partial charge in [0.15, 0.2) is 0 Å². The van der Waals surface area contributed by atoms with E-state index in [0.29, 0.717) is 0 Å². The molecule has 4 heteroatoms. The minimum Gasteiger partial charge on any atom is -0.313 e. The molecule has 0 radical (unpaired) electrons. The molecule has 1 N–H and O–H groups in total. The van der Waals surface area contributed by atoms with Crippen LogP contribution in [0.1, 0.15) is 28.0 Å². The van der Waals surface area contributed by atoms with Gasteiger partial charge in [0.2, 0.25) is 0 Å². The van der Waals surface area contributed by atoms with Crippen LogP contribution in [0.15, 0.2) is 23.7 Å². The van der Waals surface area contributed by atoms with Crippen molar-refractivity contribution in [1.29, 1.82) is 0 Å². The Bertz CT molecular complexity index is 476. The van der Waals surface area contributed by atoms with Crippen LogP contribution in [-0.2, 0) is 6.42 Å². The molecule has 2 aromatic heterocycles. The van der Waals surface area contributed by atoms with Crippen molar-refractivity contribution >= 4 is 11.3 Å². The van der Waals surface area contributed by atoms with E-state index in [9.17, 15) is 0 Å². The molecular weight excluding hydrogens is 230 g/mol. The van der Waals surface area contributed by atoms with Crippen molar-refractivity contribution in [2.75, 3.05) is 7.05 Å². The van der Waals surface area contributed by atoms with Gasteiger partial charge in [0.25, 0.3) is 0 Å². The third kappa shape index (κ3) is 3.11. The summed E-state index contributed by atoms with van der Waals surface area (Å²) in [5, 5.41) is 6.58. The molecule has 2 heterocycles. The van der Waals surface area contributed by atoms with E-state index in [0.717, 1.165) is 17.8 Å². The van der Waals surface area contributed by atoms with Gasteiger partial charge in [0, 0.05) is 35.4 Å². The van der Waals surface area contributed by atoms with Crippen LogP contribution in [0.2, 0.25) is 0 Å². The van der Waals surface area contributed by atoms with Crippen LogP contribution in [0.5, 0.6) is 0 Å². The SMILES string of the molecule is CNC(Cc1nc(C)cs1)c1ccc(C)nc1. The maximum atomic E-state index is 4.50. The zero-order chi connectivity index (χ0) is 12.3. The van der Waals surface area contributed by atoms with Crippen LogP contribution >= 0.6 is 11.3 Å². The summed E-state index contributed by atoms with van der Waals surface area (Å²) in [7, 11) is 1.98. The van der Waals surface area contributed by atoms with Gasteiger partial charge in [0.1, 0.15) is 0 Å². The summed E-state index contributed by atoms with van der Waals surface area (Å²) < 4.78 is 0. The lowest BCUT2D eigenvalue weighted by Crippen LogP contribution is -2.19. The first-order chi connectivity index (χ1) is 8.19. The van der Waals surface area contributed by atoms with Gasteiger partial charge in [-0.25, -0.2) is 4.98 Å². The predicted octanol–water partition coefficient (Wildman–Crippen LogP) is 2.66. The van der Waals surface area contributed by atoms with Gasteiger partial charge >= 0.3 is 0 Å². The average Bonchev–Trinajstić information content (AvgIpc) is 2.73. The zero-order valence-electron chi connectivity index (χ0n) is 10.4. The van der Waals surface area contributed by atoms with E-state index in [1.54, 1.807) is 11.3 Å². The van der Waals surface area contributed by atoms with E-state index in [2.05, 4.69) is 26.7 Å². The number of aromatic nitrogens is 2. The first-order valence-corrected chi connectivity index (χ1v) is 6.58. The van der Waals surface area contributed by atoms with Gasteiger partial charge in [-0.05, 0) is 32.5 Å². The molecule has 0 amide bonds. The van der Waals surface area contributed by atoms with E-state index in [-0.39, 0.29) is 6.04 Å². The van der Waals surface area contributed by atoms with Gasteiger partial charge in [-0.2, -0.15) is 0 Å². The molecule has 0 fully saturated rings. The van der Waals surface area contributed by atoms with Crippen LogP contribution in [-0.4, -0.2) is 17.0 Å². The molecule has 0 saturated heterocycles. The van der Waals surface area contributed by atoms with Crippen LogP contribution in [0.25, 0.3) is 0 Å². The summed E-state index contributed by atoms with van der Waals surface area (Å²) in [6, 6.07) is 4.46. The standard InChI is InChI=1S/C13H17N3S/c1-9-4-5-11(7-15-9)12(14-3)6-13-16-10(2)8-17-13/h4-5,7-8,12,14H,6H2,1-3H3. The molecule has 0 aliphatic rings. The molecular formula is C13H17N3S. The molecule has 2 aromatic rings. The Morgan fingerprint density at radius 2 is 2.12 bits per heavy atom. The zero-order valence-corrected chi connectivity index (χ0v) is 11.2.